The van der Waals surface area contributed by atoms with Gasteiger partial charge in [-0.1, -0.05) is 52.4 Å². The number of carboxylic acid groups (broad SMARTS) is 1. The summed E-state index contributed by atoms with van der Waals surface area (Å²) in [7, 11) is -4.65. The highest BCUT2D eigenvalue weighted by atomic mass is 31.2. The van der Waals surface area contributed by atoms with Crippen LogP contribution in [0.1, 0.15) is 71.6 Å². The largest absolute Gasteiger partial charge is 0.480 e. The Kier molecular flexibility index (Phi) is 16.2. The van der Waals surface area contributed by atoms with E-state index in [1.54, 1.807) is 6.92 Å². The number of esters is 2. The Morgan fingerprint density at radius 1 is 0.903 bits per heavy atom. The Labute approximate surface area is 183 Å². The molecule has 3 atom stereocenters. The van der Waals surface area contributed by atoms with Crippen molar-refractivity contribution in [2.24, 2.45) is 5.73 Å². The number of carbonyl (C=O) groups is 3. The molecule has 0 amide bonds. The van der Waals surface area contributed by atoms with Crippen molar-refractivity contribution in [2.45, 2.75) is 83.8 Å². The summed E-state index contributed by atoms with van der Waals surface area (Å²) in [4.78, 5) is 43.7. The Morgan fingerprint density at radius 2 is 1.48 bits per heavy atom. The van der Waals surface area contributed by atoms with Crippen molar-refractivity contribution < 1.29 is 47.5 Å². The lowest BCUT2D eigenvalue weighted by molar-refractivity contribution is -0.161. The summed E-state index contributed by atoms with van der Waals surface area (Å²) in [6.45, 7) is 2.03. The first-order valence-electron chi connectivity index (χ1n) is 10.6. The molecule has 0 spiro atoms. The predicted octanol–water partition coefficient (Wildman–Crippen LogP) is 2.54. The number of rotatable bonds is 19. The van der Waals surface area contributed by atoms with E-state index in [9.17, 15) is 23.8 Å². The Bertz CT molecular complexity index is 586. The Morgan fingerprint density at radius 3 is 2.06 bits per heavy atom. The number of hydrogen-bond donors (Lipinski definition) is 3. The summed E-state index contributed by atoms with van der Waals surface area (Å²) in [5.41, 5.74) is 5.19. The van der Waals surface area contributed by atoms with E-state index in [-0.39, 0.29) is 19.4 Å². The normalized spacial score (nSPS) is 15.0. The molecule has 0 aromatic rings. The molecule has 0 aliphatic carbocycles. The van der Waals surface area contributed by atoms with Gasteiger partial charge in [-0.05, 0) is 6.42 Å². The molecule has 0 heterocycles. The van der Waals surface area contributed by atoms with Gasteiger partial charge in [0.2, 0.25) is 0 Å². The average molecular weight is 469 g/mol. The van der Waals surface area contributed by atoms with E-state index in [0.29, 0.717) is 6.42 Å². The zero-order valence-corrected chi connectivity index (χ0v) is 19.2. The number of phosphoric acid groups is 1. The van der Waals surface area contributed by atoms with Crippen molar-refractivity contribution in [3.8, 4) is 0 Å². The number of carbonyl (C=O) groups excluding carboxylic acids is 2. The van der Waals surface area contributed by atoms with Crippen LogP contribution in [0, 0.1) is 0 Å². The van der Waals surface area contributed by atoms with E-state index < -0.39 is 51.1 Å². The van der Waals surface area contributed by atoms with Crippen LogP contribution in [0.15, 0.2) is 0 Å². The van der Waals surface area contributed by atoms with E-state index in [2.05, 4.69) is 11.4 Å². The molecule has 0 fully saturated rings. The maximum absolute atomic E-state index is 12.1. The molecule has 4 N–H and O–H groups in total. The molecule has 0 aromatic carbocycles. The first kappa shape index (κ1) is 29.5. The minimum atomic E-state index is -4.65. The second kappa shape index (κ2) is 17.1. The fourth-order valence-corrected chi connectivity index (χ4v) is 3.11. The van der Waals surface area contributed by atoms with E-state index in [4.69, 9.17) is 24.8 Å². The highest BCUT2D eigenvalue weighted by molar-refractivity contribution is 7.47. The van der Waals surface area contributed by atoms with Crippen LogP contribution in [0.5, 0.6) is 0 Å². The third-order valence-electron chi connectivity index (χ3n) is 4.16. The lowest BCUT2D eigenvalue weighted by Crippen LogP contribution is -2.34. The van der Waals surface area contributed by atoms with Crippen molar-refractivity contribution in [2.75, 3.05) is 19.8 Å². The zero-order valence-electron chi connectivity index (χ0n) is 18.3. The van der Waals surface area contributed by atoms with Crippen molar-refractivity contribution in [1.29, 1.82) is 0 Å². The van der Waals surface area contributed by atoms with Crippen LogP contribution in [0.25, 0.3) is 0 Å². The summed E-state index contributed by atoms with van der Waals surface area (Å²) in [6.07, 6.45) is 6.34. The Hall–Kier alpha value is -1.52. The predicted molar refractivity (Wildman–Crippen MR) is 111 cm³/mol. The molecule has 12 heteroatoms. The van der Waals surface area contributed by atoms with E-state index in [1.807, 2.05) is 0 Å². The van der Waals surface area contributed by atoms with Crippen LogP contribution in [0.4, 0.5) is 0 Å². The standard InChI is InChI=1S/C19H36NO10P/c1-3-5-6-7-8-9-10-11-18(22)30-15(12-27-17(21)4-2)13-28-31(25,26)29-14-16(20)19(23)24/h15-16H,3-14,20H2,1-2H3,(H,23,24)(H,25,26). The molecule has 0 bridgehead atoms. The fourth-order valence-electron chi connectivity index (χ4n) is 2.34. The van der Waals surface area contributed by atoms with Gasteiger partial charge in [-0.25, -0.2) is 4.57 Å². The third-order valence-corrected chi connectivity index (χ3v) is 5.11. The van der Waals surface area contributed by atoms with Crippen molar-refractivity contribution in [3.63, 3.8) is 0 Å². The van der Waals surface area contributed by atoms with Crippen LogP contribution in [0.2, 0.25) is 0 Å². The highest BCUT2D eigenvalue weighted by Crippen LogP contribution is 2.43. The molecule has 0 radical (unpaired) electrons. The topological polar surface area (TPSA) is 172 Å². The summed E-state index contributed by atoms with van der Waals surface area (Å²) < 4.78 is 31.2. The van der Waals surface area contributed by atoms with Crippen LogP contribution < -0.4 is 5.73 Å². The first-order valence-corrected chi connectivity index (χ1v) is 12.1. The molecule has 3 unspecified atom stereocenters. The molecular weight excluding hydrogens is 433 g/mol. The molecule has 0 rings (SSSR count). The van der Waals surface area contributed by atoms with Gasteiger partial charge in [0.25, 0.3) is 0 Å². The van der Waals surface area contributed by atoms with Crippen molar-refractivity contribution in [3.05, 3.63) is 0 Å². The molecule has 31 heavy (non-hydrogen) atoms. The Balaban J connectivity index is 4.49. The van der Waals surface area contributed by atoms with Gasteiger partial charge in [0, 0.05) is 12.8 Å². The average Bonchev–Trinajstić information content (AvgIpc) is 2.72. The summed E-state index contributed by atoms with van der Waals surface area (Å²) in [6, 6.07) is -1.51. The number of nitrogens with two attached hydrogens (primary N) is 1. The minimum absolute atomic E-state index is 0.105. The van der Waals surface area contributed by atoms with Gasteiger partial charge in [-0.15, -0.1) is 0 Å². The molecule has 0 aromatic heterocycles. The fraction of sp³-hybridized carbons (Fsp3) is 0.842. The second-order valence-electron chi connectivity index (χ2n) is 7.02. The molecule has 0 saturated heterocycles. The minimum Gasteiger partial charge on any atom is -0.480 e. The first-order chi connectivity index (χ1) is 14.6. The molecule has 0 aliphatic heterocycles. The van der Waals surface area contributed by atoms with Gasteiger partial charge in [-0.2, -0.15) is 0 Å². The molecule has 11 nitrogen and oxygen atoms in total. The lowest BCUT2D eigenvalue weighted by Gasteiger charge is -2.20. The quantitative estimate of drug-likeness (QED) is 0.144. The van der Waals surface area contributed by atoms with Crippen molar-refractivity contribution >= 4 is 25.7 Å². The molecular formula is C19H36NO10P. The second-order valence-corrected chi connectivity index (χ2v) is 8.48. The number of aliphatic carboxylic acids is 1. The van der Waals surface area contributed by atoms with Gasteiger partial charge in [-0.3, -0.25) is 23.4 Å². The van der Waals surface area contributed by atoms with Crippen LogP contribution in [-0.4, -0.2) is 59.9 Å². The molecule has 0 aliphatic rings. The van der Waals surface area contributed by atoms with Crippen LogP contribution in [-0.2, 0) is 37.5 Å². The van der Waals surface area contributed by atoms with Crippen molar-refractivity contribution in [1.82, 2.24) is 0 Å². The number of carboxylic acids is 1. The zero-order chi connectivity index (χ0) is 23.7. The smallest absolute Gasteiger partial charge is 0.472 e. The van der Waals surface area contributed by atoms with Gasteiger partial charge in [0.05, 0.1) is 13.2 Å². The molecule has 182 valence electrons. The maximum atomic E-state index is 12.1. The highest BCUT2D eigenvalue weighted by Gasteiger charge is 2.27. The number of ether oxygens (including phenoxy) is 2. The van der Waals surface area contributed by atoms with E-state index in [1.165, 1.54) is 12.8 Å². The maximum Gasteiger partial charge on any atom is 0.472 e. The molecule has 0 saturated carbocycles. The SMILES string of the molecule is CCCCCCCCCC(=O)OC(COC(=O)CC)COP(=O)(O)OCC(N)C(=O)O. The number of unbranched alkanes of at least 4 members (excludes halogenated alkanes) is 6. The number of phosphoric ester groups is 1. The van der Waals surface area contributed by atoms with Gasteiger partial charge in [0.1, 0.15) is 12.6 Å². The summed E-state index contributed by atoms with van der Waals surface area (Å²) in [5, 5.41) is 8.66. The lowest BCUT2D eigenvalue weighted by atomic mass is 10.1. The van der Waals surface area contributed by atoms with Gasteiger partial charge < -0.3 is 25.2 Å². The van der Waals surface area contributed by atoms with Gasteiger partial charge in [0.15, 0.2) is 6.10 Å². The monoisotopic (exact) mass is 469 g/mol. The third kappa shape index (κ3) is 16.8. The summed E-state index contributed by atoms with van der Waals surface area (Å²) >= 11 is 0. The van der Waals surface area contributed by atoms with E-state index in [0.717, 1.165) is 25.7 Å². The number of hydrogen-bond acceptors (Lipinski definition) is 9. The summed E-state index contributed by atoms with van der Waals surface area (Å²) in [5.74, 6) is -2.50. The van der Waals surface area contributed by atoms with Gasteiger partial charge >= 0.3 is 25.7 Å². The van der Waals surface area contributed by atoms with Crippen LogP contribution in [0.3, 0.4) is 0 Å². The van der Waals surface area contributed by atoms with Crippen LogP contribution >= 0.6 is 7.82 Å². The van der Waals surface area contributed by atoms with E-state index >= 15 is 0 Å².